The molecule has 3 unspecified atom stereocenters. The van der Waals surface area contributed by atoms with Gasteiger partial charge in [0.1, 0.15) is 0 Å². The third kappa shape index (κ3) is 1.46. The van der Waals surface area contributed by atoms with Gasteiger partial charge in [0.2, 0.25) is 0 Å². The summed E-state index contributed by atoms with van der Waals surface area (Å²) >= 11 is 0. The van der Waals surface area contributed by atoms with Crippen molar-refractivity contribution in [1.82, 2.24) is 0 Å². The lowest BCUT2D eigenvalue weighted by molar-refractivity contribution is 0.226. The van der Waals surface area contributed by atoms with Crippen molar-refractivity contribution >= 4 is 0 Å². The number of hydrogen-bond donors (Lipinski definition) is 1. The van der Waals surface area contributed by atoms with E-state index < -0.39 is 0 Å². The van der Waals surface area contributed by atoms with E-state index in [9.17, 15) is 0 Å². The van der Waals surface area contributed by atoms with Gasteiger partial charge in [0.05, 0.1) is 0 Å². The molecule has 1 saturated carbocycles. The first-order valence-corrected chi connectivity index (χ1v) is 5.42. The minimum Gasteiger partial charge on any atom is -0.327 e. The molecule has 2 N–H and O–H groups in total. The maximum absolute atomic E-state index is 5.93. The first kappa shape index (κ1) is 9.72. The second-order valence-corrected chi connectivity index (χ2v) is 4.73. The Hall–Kier alpha value is -0.820. The average Bonchev–Trinajstić information content (AvgIpc) is 2.15. The number of benzene rings is 1. The number of aryl methyl sites for hydroxylation is 2. The molecule has 1 aliphatic rings. The zero-order valence-electron chi connectivity index (χ0n) is 9.25. The lowest BCUT2D eigenvalue weighted by Gasteiger charge is -2.41. The van der Waals surface area contributed by atoms with Gasteiger partial charge in [0, 0.05) is 6.04 Å². The van der Waals surface area contributed by atoms with Crippen LogP contribution in [0.2, 0.25) is 0 Å². The van der Waals surface area contributed by atoms with E-state index >= 15 is 0 Å². The molecule has 1 aromatic carbocycles. The molecule has 0 radical (unpaired) electrons. The summed E-state index contributed by atoms with van der Waals surface area (Å²) in [5.41, 5.74) is 10.2. The maximum Gasteiger partial charge on any atom is 0.00763 e. The standard InChI is InChI=1S/C13H19N/c1-8-4-5-11(9(2)6-8)12-7-13(14)10(12)3/h4-6,10,12-13H,7,14H2,1-3H3. The SMILES string of the molecule is Cc1ccc(C2CC(N)C2C)c(C)c1. The summed E-state index contributed by atoms with van der Waals surface area (Å²) in [4.78, 5) is 0. The normalized spacial score (nSPS) is 31.3. The fourth-order valence-corrected chi connectivity index (χ4v) is 2.48. The van der Waals surface area contributed by atoms with Crippen molar-refractivity contribution in [2.75, 3.05) is 0 Å². The Morgan fingerprint density at radius 1 is 1.29 bits per heavy atom. The number of rotatable bonds is 1. The molecule has 0 spiro atoms. The van der Waals surface area contributed by atoms with E-state index in [2.05, 4.69) is 39.0 Å². The Morgan fingerprint density at radius 2 is 2.00 bits per heavy atom. The summed E-state index contributed by atoms with van der Waals surface area (Å²) in [5.74, 6) is 1.35. The number of hydrogen-bond acceptors (Lipinski definition) is 1. The van der Waals surface area contributed by atoms with Gasteiger partial charge < -0.3 is 5.73 Å². The van der Waals surface area contributed by atoms with Crippen molar-refractivity contribution in [3.05, 3.63) is 34.9 Å². The van der Waals surface area contributed by atoms with E-state index in [4.69, 9.17) is 5.73 Å². The molecule has 2 rings (SSSR count). The minimum absolute atomic E-state index is 0.417. The fourth-order valence-electron chi connectivity index (χ4n) is 2.48. The van der Waals surface area contributed by atoms with Crippen molar-refractivity contribution in [2.45, 2.75) is 39.2 Å². The molecular weight excluding hydrogens is 170 g/mol. The summed E-state index contributed by atoms with van der Waals surface area (Å²) in [6.07, 6.45) is 1.16. The van der Waals surface area contributed by atoms with E-state index in [-0.39, 0.29) is 0 Å². The molecule has 1 heteroatoms. The van der Waals surface area contributed by atoms with Crippen molar-refractivity contribution in [3.8, 4) is 0 Å². The van der Waals surface area contributed by atoms with Crippen LogP contribution in [0.5, 0.6) is 0 Å². The summed E-state index contributed by atoms with van der Waals surface area (Å²) in [6, 6.07) is 7.17. The molecule has 14 heavy (non-hydrogen) atoms. The van der Waals surface area contributed by atoms with Crippen LogP contribution in [-0.2, 0) is 0 Å². The monoisotopic (exact) mass is 189 g/mol. The van der Waals surface area contributed by atoms with E-state index in [0.29, 0.717) is 17.9 Å². The number of nitrogens with two attached hydrogens (primary N) is 1. The molecule has 1 nitrogen and oxygen atoms in total. The Kier molecular flexibility index (Phi) is 2.36. The van der Waals surface area contributed by atoms with Crippen molar-refractivity contribution in [1.29, 1.82) is 0 Å². The Balaban J connectivity index is 2.25. The largest absolute Gasteiger partial charge is 0.327 e. The second-order valence-electron chi connectivity index (χ2n) is 4.73. The van der Waals surface area contributed by atoms with Gasteiger partial charge >= 0.3 is 0 Å². The highest BCUT2D eigenvalue weighted by Crippen LogP contribution is 2.42. The van der Waals surface area contributed by atoms with Crippen LogP contribution in [0.25, 0.3) is 0 Å². The molecule has 76 valence electrons. The summed E-state index contributed by atoms with van der Waals surface area (Å²) < 4.78 is 0. The first-order chi connectivity index (χ1) is 6.59. The molecule has 0 bridgehead atoms. The van der Waals surface area contributed by atoms with Gasteiger partial charge in [-0.3, -0.25) is 0 Å². The topological polar surface area (TPSA) is 26.0 Å². The average molecular weight is 189 g/mol. The molecule has 0 heterocycles. The van der Waals surface area contributed by atoms with E-state index in [0.717, 1.165) is 6.42 Å². The second kappa shape index (κ2) is 3.39. The van der Waals surface area contributed by atoms with E-state index in [1.54, 1.807) is 0 Å². The van der Waals surface area contributed by atoms with Gasteiger partial charge in [0.25, 0.3) is 0 Å². The molecule has 1 aromatic rings. The molecule has 3 atom stereocenters. The van der Waals surface area contributed by atoms with Crippen molar-refractivity contribution in [2.24, 2.45) is 11.7 Å². The summed E-state index contributed by atoms with van der Waals surface area (Å²) in [6.45, 7) is 6.61. The van der Waals surface area contributed by atoms with Gasteiger partial charge in [0.15, 0.2) is 0 Å². The third-order valence-corrected chi connectivity index (χ3v) is 3.66. The summed E-state index contributed by atoms with van der Waals surface area (Å²) in [5, 5.41) is 0. The Morgan fingerprint density at radius 3 is 2.50 bits per heavy atom. The van der Waals surface area contributed by atoms with Crippen LogP contribution in [0.1, 0.15) is 36.0 Å². The van der Waals surface area contributed by atoms with E-state index in [1.807, 2.05) is 0 Å². The van der Waals surface area contributed by atoms with Gasteiger partial charge in [-0.15, -0.1) is 0 Å². The van der Waals surface area contributed by atoms with Gasteiger partial charge in [-0.05, 0) is 43.2 Å². The quantitative estimate of drug-likeness (QED) is 0.722. The molecule has 1 aliphatic carbocycles. The van der Waals surface area contributed by atoms with E-state index in [1.165, 1.54) is 16.7 Å². The lowest BCUT2D eigenvalue weighted by atomic mass is 9.66. The van der Waals surface area contributed by atoms with Crippen LogP contribution < -0.4 is 5.73 Å². The zero-order valence-corrected chi connectivity index (χ0v) is 9.25. The van der Waals surface area contributed by atoms with Gasteiger partial charge in [-0.1, -0.05) is 30.7 Å². The van der Waals surface area contributed by atoms with Gasteiger partial charge in [-0.2, -0.15) is 0 Å². The first-order valence-electron chi connectivity index (χ1n) is 5.42. The van der Waals surface area contributed by atoms with Crippen molar-refractivity contribution < 1.29 is 0 Å². The lowest BCUT2D eigenvalue weighted by Crippen LogP contribution is -2.44. The Labute approximate surface area is 86.3 Å². The molecular formula is C13H19N. The van der Waals surface area contributed by atoms with Crippen LogP contribution in [0.3, 0.4) is 0 Å². The van der Waals surface area contributed by atoms with Crippen molar-refractivity contribution in [3.63, 3.8) is 0 Å². The molecule has 0 amide bonds. The third-order valence-electron chi connectivity index (χ3n) is 3.66. The molecule has 0 aromatic heterocycles. The summed E-state index contributed by atoms with van der Waals surface area (Å²) in [7, 11) is 0. The minimum atomic E-state index is 0.417. The maximum atomic E-state index is 5.93. The van der Waals surface area contributed by atoms with Crippen LogP contribution in [0.15, 0.2) is 18.2 Å². The highest BCUT2D eigenvalue weighted by atomic mass is 14.7. The molecule has 0 saturated heterocycles. The molecule has 0 aliphatic heterocycles. The fraction of sp³-hybridized carbons (Fsp3) is 0.538. The highest BCUT2D eigenvalue weighted by molar-refractivity contribution is 5.35. The smallest absolute Gasteiger partial charge is 0.00763 e. The van der Waals surface area contributed by atoms with Gasteiger partial charge in [-0.25, -0.2) is 0 Å². The van der Waals surface area contributed by atoms with Crippen LogP contribution in [0, 0.1) is 19.8 Å². The predicted octanol–water partition coefficient (Wildman–Crippen LogP) is 2.75. The van der Waals surface area contributed by atoms with Crippen LogP contribution in [-0.4, -0.2) is 6.04 Å². The van der Waals surface area contributed by atoms with Crippen LogP contribution >= 0.6 is 0 Å². The predicted molar refractivity (Wildman–Crippen MR) is 60.4 cm³/mol. The zero-order chi connectivity index (χ0) is 10.3. The highest BCUT2D eigenvalue weighted by Gasteiger charge is 2.36. The molecule has 1 fully saturated rings. The Bertz CT molecular complexity index is 343. The van der Waals surface area contributed by atoms with Crippen LogP contribution in [0.4, 0.5) is 0 Å².